The van der Waals surface area contributed by atoms with Crippen molar-refractivity contribution in [2.75, 3.05) is 0 Å². The molecule has 0 aromatic heterocycles. The topological polar surface area (TPSA) is 196 Å². The Labute approximate surface area is 267 Å². The van der Waals surface area contributed by atoms with Gasteiger partial charge in [-0.2, -0.15) is 16.8 Å². The number of halogens is 1. The fourth-order valence-corrected chi connectivity index (χ4v) is 1.10. The molecule has 0 fully saturated rings. The van der Waals surface area contributed by atoms with Crippen LogP contribution < -0.4 is 0 Å². The normalized spacial score (nSPS) is 9.05. The summed E-state index contributed by atoms with van der Waals surface area (Å²) >= 11 is 0. The van der Waals surface area contributed by atoms with Gasteiger partial charge in [-0.25, -0.2) is 4.57 Å². The van der Waals surface area contributed by atoms with Gasteiger partial charge in [-0.05, 0) is 0 Å². The van der Waals surface area contributed by atoms with Crippen molar-refractivity contribution in [1.29, 1.82) is 0 Å². The molecule has 0 aliphatic rings. The minimum atomic E-state index is -5.13. The predicted molar refractivity (Wildman–Crippen MR) is 83.2 cm³/mol. The summed E-state index contributed by atoms with van der Waals surface area (Å²) in [5.41, 5.74) is 0. The van der Waals surface area contributed by atoms with E-state index in [2.05, 4.69) is 3.97 Å². The Morgan fingerprint density at radius 2 is 1.00 bits per heavy atom. The Hall–Kier alpha value is 6.22. The molecule has 0 aromatic carbocycles. The summed E-state index contributed by atoms with van der Waals surface area (Å²) in [7, 11) is -14.8. The molecule has 0 aromatic rings. The molecule has 0 saturated carbocycles. The first-order chi connectivity index (χ1) is 5.71. The molecule has 0 amide bonds. The Morgan fingerprint density at radius 3 is 1.00 bits per heavy atom. The molecule has 11 nitrogen and oxygen atoms in total. The van der Waals surface area contributed by atoms with E-state index in [0.29, 0.717) is 0 Å². The van der Waals surface area contributed by atoms with Gasteiger partial charge in [0.25, 0.3) is 0 Å². The zero-order valence-electron chi connectivity index (χ0n) is 6.36. The zero-order chi connectivity index (χ0) is 12.2. The third-order valence-electron chi connectivity index (χ3n) is 0.191. The van der Waals surface area contributed by atoms with Gasteiger partial charge in [0, 0.05) is 0 Å². The van der Waals surface area contributed by atoms with Crippen LogP contribution in [0.5, 0.6) is 0 Å². The quantitative estimate of drug-likeness (QED) is 0.148. The third-order valence-corrected chi connectivity index (χ3v) is 1.72. The van der Waals surface area contributed by atoms with Crippen LogP contribution in [0.4, 0.5) is 0 Å². The number of hydrogen-bond donors (Lipinski definition) is 5. The molecule has 20 heavy (non-hydrogen) atoms. The van der Waals surface area contributed by atoms with Gasteiger partial charge in [-0.1, -0.05) is 0 Å². The average molecular weight is 467 g/mol. The first kappa shape index (κ1) is 50.2. The van der Waals surface area contributed by atoms with Gasteiger partial charge < -0.3 is 9.79 Å². The van der Waals surface area contributed by atoms with E-state index in [1.807, 2.05) is 0 Å². The first-order valence-electron chi connectivity index (χ1n) is 2.15. The first-order valence-corrected chi connectivity index (χ1v) is 6.44. The molecule has 0 aliphatic heterocycles. The SMILES string of the molecule is Cl.O=P(O)(O)OS(=O)(=O)O.O=S(=O)(O)O.[KH].[KH].[MgH2].[NaH].[NaH]. The predicted octanol–water partition coefficient (Wildman–Crippen LogP) is -4.84. The van der Waals surface area contributed by atoms with Gasteiger partial charge in [0.05, 0.1) is 0 Å². The Balaban J connectivity index is -0.0000000199. The van der Waals surface area contributed by atoms with Crippen LogP contribution in [0.2, 0.25) is 0 Å². The fraction of sp³-hybridized carbons (Fsp3) is 0. The molecule has 20 heteroatoms. The number of phosphoric acid groups is 1. The maximum absolute atomic E-state index is 9.58. The summed E-state index contributed by atoms with van der Waals surface area (Å²) < 4.78 is 70.6. The molecular weight excluding hydrogens is 455 g/mol. The van der Waals surface area contributed by atoms with Crippen LogP contribution >= 0.6 is 20.2 Å². The second-order valence-electron chi connectivity index (χ2n) is 1.44. The van der Waals surface area contributed by atoms with E-state index in [-0.39, 0.29) is 197 Å². The Kier molecular flexibility index (Phi) is 58.4. The molecule has 0 heterocycles. The molecule has 0 saturated heterocycles. The van der Waals surface area contributed by atoms with Crippen molar-refractivity contribution >= 4 is 226 Å². The van der Waals surface area contributed by atoms with Crippen molar-refractivity contribution in [1.82, 2.24) is 0 Å². The molecule has 108 valence electrons. The van der Waals surface area contributed by atoms with Gasteiger partial charge in [0.2, 0.25) is 0 Å². The van der Waals surface area contributed by atoms with Crippen LogP contribution in [0.25, 0.3) is 0 Å². The minimum absolute atomic E-state index is 0. The number of rotatable bonds is 2. The molecular formula is H12ClK2MgNa2O11PS2. The van der Waals surface area contributed by atoms with E-state index in [1.165, 1.54) is 0 Å². The maximum atomic E-state index is 9.58. The van der Waals surface area contributed by atoms with Crippen LogP contribution in [-0.4, -0.2) is 225 Å². The summed E-state index contributed by atoms with van der Waals surface area (Å²) in [5, 5.41) is 0. The molecule has 0 rings (SSSR count). The number of hydrogen-bond acceptors (Lipinski definition) is 6. The van der Waals surface area contributed by atoms with Crippen LogP contribution in [-0.2, 0) is 29.3 Å². The zero-order valence-corrected chi connectivity index (χ0v) is 9.70. The molecule has 0 aliphatic carbocycles. The van der Waals surface area contributed by atoms with Crippen molar-refractivity contribution < 1.29 is 48.8 Å². The van der Waals surface area contributed by atoms with E-state index < -0.39 is 28.6 Å². The third kappa shape index (κ3) is 87.5. The molecule has 0 atom stereocenters. The van der Waals surface area contributed by atoms with Gasteiger partial charge in [0.1, 0.15) is 0 Å². The van der Waals surface area contributed by atoms with E-state index >= 15 is 0 Å². The van der Waals surface area contributed by atoms with E-state index in [0.717, 1.165) is 0 Å². The molecule has 0 unspecified atom stereocenters. The summed E-state index contributed by atoms with van der Waals surface area (Å²) in [6, 6.07) is 0. The van der Waals surface area contributed by atoms with Crippen LogP contribution in [0, 0.1) is 0 Å². The van der Waals surface area contributed by atoms with Crippen LogP contribution in [0.15, 0.2) is 0 Å². The molecule has 0 bridgehead atoms. The molecule has 0 spiro atoms. The monoisotopic (exact) mass is 466 g/mol. The van der Waals surface area contributed by atoms with E-state index in [1.54, 1.807) is 0 Å². The van der Waals surface area contributed by atoms with Gasteiger partial charge in [0.15, 0.2) is 0 Å². The van der Waals surface area contributed by atoms with Crippen molar-refractivity contribution in [2.24, 2.45) is 0 Å². The second kappa shape index (κ2) is 23.3. The molecule has 5 N–H and O–H groups in total. The second-order valence-corrected chi connectivity index (χ2v) is 4.77. The van der Waals surface area contributed by atoms with Crippen molar-refractivity contribution in [3.63, 3.8) is 0 Å². The summed E-state index contributed by atoms with van der Waals surface area (Å²) in [5.74, 6) is 0. The Morgan fingerprint density at radius 1 is 0.850 bits per heavy atom. The van der Waals surface area contributed by atoms with Gasteiger partial charge in [-0.3, -0.25) is 13.7 Å². The standard InChI is InChI=1S/ClH.2K.Mg.2Na.H3O7PS.H2O4S.6H/c;;;;;;1-8(2,3)7-9(4,5)6;1-5(2,3)4;;;;;;/h1H;;;;;;(H2,1,2,3)(H,4,5,6);(H2,1,2,3,4);;;;;;. The van der Waals surface area contributed by atoms with Gasteiger partial charge in [-0.15, -0.1) is 16.4 Å². The van der Waals surface area contributed by atoms with E-state index in [4.69, 9.17) is 31.9 Å². The molecule has 0 radical (unpaired) electrons. The van der Waals surface area contributed by atoms with Crippen LogP contribution in [0.3, 0.4) is 0 Å². The Bertz CT molecular complexity index is 410. The van der Waals surface area contributed by atoms with Crippen LogP contribution in [0.1, 0.15) is 0 Å². The summed E-state index contributed by atoms with van der Waals surface area (Å²) in [6.45, 7) is 0. The summed E-state index contributed by atoms with van der Waals surface area (Å²) in [6.07, 6.45) is 0. The summed E-state index contributed by atoms with van der Waals surface area (Å²) in [4.78, 5) is 15.4. The van der Waals surface area contributed by atoms with Crippen molar-refractivity contribution in [3.05, 3.63) is 0 Å². The van der Waals surface area contributed by atoms with Crippen molar-refractivity contribution in [3.8, 4) is 0 Å². The fourth-order valence-electron chi connectivity index (χ4n) is 0.123. The van der Waals surface area contributed by atoms with Gasteiger partial charge >= 0.3 is 214 Å². The van der Waals surface area contributed by atoms with E-state index in [9.17, 15) is 13.0 Å². The average Bonchev–Trinajstić information content (AvgIpc) is 1.42. The van der Waals surface area contributed by atoms with Crippen molar-refractivity contribution in [2.45, 2.75) is 0 Å².